The van der Waals surface area contributed by atoms with E-state index in [4.69, 9.17) is 5.11 Å². The van der Waals surface area contributed by atoms with E-state index in [2.05, 4.69) is 5.10 Å². The second-order valence-electron chi connectivity index (χ2n) is 5.76. The molecule has 2 N–H and O–H groups in total. The largest absolute Gasteiger partial charge is 0.481 e. The van der Waals surface area contributed by atoms with Crippen molar-refractivity contribution >= 4 is 5.97 Å². The highest BCUT2D eigenvalue weighted by atomic mass is 16.4. The number of carboxylic acid groups (broad SMARTS) is 1. The Kier molecular flexibility index (Phi) is 4.33. The standard InChI is InChI=1S/C19H18N2O3/c1-13-17(11-14-7-9-15(10-8-14)12-18(22)23)19(24)21(20-13)16-5-3-2-4-6-16/h2-10,20H,11-12H2,1H3,(H,22,23). The van der Waals surface area contributed by atoms with Crippen LogP contribution in [0.3, 0.4) is 0 Å². The average Bonchev–Trinajstić information content (AvgIpc) is 2.85. The Morgan fingerprint density at radius 1 is 1.04 bits per heavy atom. The molecule has 3 aromatic rings. The van der Waals surface area contributed by atoms with Crippen molar-refractivity contribution in [3.63, 3.8) is 0 Å². The van der Waals surface area contributed by atoms with Crippen molar-refractivity contribution in [2.24, 2.45) is 0 Å². The lowest BCUT2D eigenvalue weighted by Crippen LogP contribution is -2.17. The molecule has 5 heteroatoms. The summed E-state index contributed by atoms with van der Waals surface area (Å²) >= 11 is 0. The van der Waals surface area contributed by atoms with Crippen molar-refractivity contribution in [2.45, 2.75) is 19.8 Å². The highest BCUT2D eigenvalue weighted by Crippen LogP contribution is 2.13. The Hall–Kier alpha value is -3.08. The minimum absolute atomic E-state index is 0.00424. The number of aliphatic carboxylic acids is 1. The molecule has 0 atom stereocenters. The summed E-state index contributed by atoms with van der Waals surface area (Å²) in [5.74, 6) is -0.852. The summed E-state index contributed by atoms with van der Waals surface area (Å²) in [5, 5.41) is 11.9. The van der Waals surface area contributed by atoms with E-state index in [1.807, 2.05) is 49.4 Å². The third kappa shape index (κ3) is 3.30. The second-order valence-corrected chi connectivity index (χ2v) is 5.76. The van der Waals surface area contributed by atoms with Crippen molar-refractivity contribution in [3.8, 4) is 5.69 Å². The average molecular weight is 322 g/mol. The van der Waals surface area contributed by atoms with Crippen LogP contribution in [0.5, 0.6) is 0 Å². The zero-order chi connectivity index (χ0) is 17.1. The summed E-state index contributed by atoms with van der Waals surface area (Å²) in [7, 11) is 0. The maximum absolute atomic E-state index is 12.7. The number of rotatable bonds is 5. The van der Waals surface area contributed by atoms with Gasteiger partial charge in [-0.25, -0.2) is 4.68 Å². The molecule has 0 bridgehead atoms. The summed E-state index contributed by atoms with van der Waals surface area (Å²) in [6.07, 6.45) is 0.513. The Balaban J connectivity index is 1.87. The minimum Gasteiger partial charge on any atom is -0.481 e. The van der Waals surface area contributed by atoms with Crippen molar-refractivity contribution in [2.75, 3.05) is 0 Å². The minimum atomic E-state index is -0.852. The molecule has 0 spiro atoms. The number of aromatic amines is 1. The maximum atomic E-state index is 12.7. The van der Waals surface area contributed by atoms with Crippen LogP contribution in [0.4, 0.5) is 0 Å². The van der Waals surface area contributed by atoms with Crippen LogP contribution in [0.2, 0.25) is 0 Å². The summed E-state index contributed by atoms with van der Waals surface area (Å²) in [5.41, 5.74) is 4.01. The normalized spacial score (nSPS) is 10.7. The number of H-pyrrole nitrogens is 1. The molecule has 3 rings (SSSR count). The molecule has 0 unspecified atom stereocenters. The third-order valence-corrected chi connectivity index (χ3v) is 3.97. The van der Waals surface area contributed by atoms with Gasteiger partial charge in [0.25, 0.3) is 5.56 Å². The molecule has 1 aromatic heterocycles. The number of carbonyl (C=O) groups is 1. The Labute approximate surface area is 139 Å². The van der Waals surface area contributed by atoms with Gasteiger partial charge < -0.3 is 5.11 Å². The first-order valence-electron chi connectivity index (χ1n) is 7.70. The zero-order valence-corrected chi connectivity index (χ0v) is 13.3. The fraction of sp³-hybridized carbons (Fsp3) is 0.158. The lowest BCUT2D eigenvalue weighted by Gasteiger charge is -2.02. The predicted octanol–water partition coefficient (Wildman–Crippen LogP) is 2.69. The van der Waals surface area contributed by atoms with Gasteiger partial charge in [0, 0.05) is 17.7 Å². The Morgan fingerprint density at radius 2 is 1.67 bits per heavy atom. The van der Waals surface area contributed by atoms with Gasteiger partial charge in [-0.1, -0.05) is 42.5 Å². The van der Waals surface area contributed by atoms with Crippen molar-refractivity contribution < 1.29 is 9.90 Å². The molecule has 5 nitrogen and oxygen atoms in total. The van der Waals surface area contributed by atoms with Crippen LogP contribution in [-0.4, -0.2) is 20.9 Å². The molecule has 1 heterocycles. The molecule has 0 saturated carbocycles. The molecule has 0 saturated heterocycles. The molecule has 0 fully saturated rings. The number of hydrogen-bond acceptors (Lipinski definition) is 2. The molecule has 0 aliphatic rings. The van der Waals surface area contributed by atoms with Crippen LogP contribution in [0.25, 0.3) is 5.69 Å². The molecule has 122 valence electrons. The second kappa shape index (κ2) is 6.58. The van der Waals surface area contributed by atoms with Gasteiger partial charge >= 0.3 is 5.97 Å². The lowest BCUT2D eigenvalue weighted by atomic mass is 10.0. The Bertz CT molecular complexity index is 906. The molecule has 0 radical (unpaired) electrons. The lowest BCUT2D eigenvalue weighted by molar-refractivity contribution is -0.136. The molecular weight excluding hydrogens is 304 g/mol. The van der Waals surface area contributed by atoms with Gasteiger partial charge in [0.2, 0.25) is 0 Å². The highest BCUT2D eigenvalue weighted by molar-refractivity contribution is 5.70. The quantitative estimate of drug-likeness (QED) is 0.758. The van der Waals surface area contributed by atoms with Crippen LogP contribution in [0, 0.1) is 6.92 Å². The SMILES string of the molecule is Cc1[nH]n(-c2ccccc2)c(=O)c1Cc1ccc(CC(=O)O)cc1. The van der Waals surface area contributed by atoms with Gasteiger partial charge in [0.15, 0.2) is 0 Å². The topological polar surface area (TPSA) is 75.1 Å². The molecule has 0 aliphatic carbocycles. The fourth-order valence-electron chi connectivity index (χ4n) is 2.70. The van der Waals surface area contributed by atoms with E-state index in [0.29, 0.717) is 12.0 Å². The first kappa shape index (κ1) is 15.8. The number of nitrogens with zero attached hydrogens (tertiary/aromatic N) is 1. The molecular formula is C19H18N2O3. The van der Waals surface area contributed by atoms with Crippen molar-refractivity contribution in [3.05, 3.63) is 87.3 Å². The van der Waals surface area contributed by atoms with E-state index in [1.54, 1.807) is 16.8 Å². The van der Waals surface area contributed by atoms with E-state index in [0.717, 1.165) is 22.5 Å². The smallest absolute Gasteiger partial charge is 0.307 e. The first-order valence-corrected chi connectivity index (χ1v) is 7.70. The van der Waals surface area contributed by atoms with Crippen LogP contribution in [0.15, 0.2) is 59.4 Å². The third-order valence-electron chi connectivity index (χ3n) is 3.97. The van der Waals surface area contributed by atoms with Gasteiger partial charge in [-0.15, -0.1) is 0 Å². The summed E-state index contributed by atoms with van der Waals surface area (Å²) in [6, 6.07) is 16.8. The van der Waals surface area contributed by atoms with Gasteiger partial charge in [-0.05, 0) is 30.2 Å². The van der Waals surface area contributed by atoms with E-state index in [9.17, 15) is 9.59 Å². The molecule has 0 aliphatic heterocycles. The number of aryl methyl sites for hydroxylation is 1. The van der Waals surface area contributed by atoms with Crippen molar-refractivity contribution in [1.29, 1.82) is 0 Å². The monoisotopic (exact) mass is 322 g/mol. The fourth-order valence-corrected chi connectivity index (χ4v) is 2.70. The highest BCUT2D eigenvalue weighted by Gasteiger charge is 2.13. The van der Waals surface area contributed by atoms with Gasteiger partial charge in [0.1, 0.15) is 0 Å². The predicted molar refractivity (Wildman–Crippen MR) is 91.7 cm³/mol. The van der Waals surface area contributed by atoms with Crippen LogP contribution in [0.1, 0.15) is 22.4 Å². The Morgan fingerprint density at radius 3 is 2.29 bits per heavy atom. The van der Waals surface area contributed by atoms with E-state index < -0.39 is 5.97 Å². The van der Waals surface area contributed by atoms with E-state index in [-0.39, 0.29) is 12.0 Å². The first-order chi connectivity index (χ1) is 11.5. The van der Waals surface area contributed by atoms with Gasteiger partial charge in [0.05, 0.1) is 12.1 Å². The molecule has 0 amide bonds. The van der Waals surface area contributed by atoms with Gasteiger partial charge in [-0.2, -0.15) is 0 Å². The van der Waals surface area contributed by atoms with Crippen LogP contribution >= 0.6 is 0 Å². The van der Waals surface area contributed by atoms with E-state index >= 15 is 0 Å². The van der Waals surface area contributed by atoms with Crippen LogP contribution < -0.4 is 5.56 Å². The molecule has 24 heavy (non-hydrogen) atoms. The number of carboxylic acids is 1. The number of para-hydroxylation sites is 1. The summed E-state index contributed by atoms with van der Waals surface area (Å²) < 4.78 is 1.55. The molecule has 2 aromatic carbocycles. The number of benzene rings is 2. The van der Waals surface area contributed by atoms with Crippen LogP contribution in [-0.2, 0) is 17.6 Å². The maximum Gasteiger partial charge on any atom is 0.307 e. The van der Waals surface area contributed by atoms with E-state index in [1.165, 1.54) is 0 Å². The van der Waals surface area contributed by atoms with Gasteiger partial charge in [-0.3, -0.25) is 14.7 Å². The summed E-state index contributed by atoms with van der Waals surface area (Å²) in [6.45, 7) is 1.88. The number of hydrogen-bond donors (Lipinski definition) is 2. The summed E-state index contributed by atoms with van der Waals surface area (Å²) in [4.78, 5) is 23.4. The zero-order valence-electron chi connectivity index (χ0n) is 13.3. The number of nitrogens with one attached hydrogen (secondary N) is 1. The van der Waals surface area contributed by atoms with Crippen molar-refractivity contribution in [1.82, 2.24) is 9.78 Å². The number of aromatic nitrogens is 2.